The van der Waals surface area contributed by atoms with Crippen molar-refractivity contribution in [3.05, 3.63) is 144 Å². The number of aliphatic hydroxyl groups excluding tert-OH is 3. The Bertz CT molecular complexity index is 4130. The van der Waals surface area contributed by atoms with E-state index in [4.69, 9.17) is 22.9 Å². The number of aliphatic hydroxyl groups is 3. The van der Waals surface area contributed by atoms with Gasteiger partial charge in [-0.25, -0.2) is 4.79 Å². The Labute approximate surface area is 670 Å². The van der Waals surface area contributed by atoms with Crippen LogP contribution in [0.3, 0.4) is 0 Å². The molecule has 0 spiro atoms. The summed E-state index contributed by atoms with van der Waals surface area (Å²) in [5, 5.41) is 76.1. The van der Waals surface area contributed by atoms with E-state index in [1.54, 1.807) is 121 Å². The van der Waals surface area contributed by atoms with Crippen molar-refractivity contribution in [1.29, 1.82) is 0 Å². The highest BCUT2D eigenvalue weighted by atomic mass is 33.1. The van der Waals surface area contributed by atoms with Gasteiger partial charge in [0.1, 0.15) is 72.5 Å². The first kappa shape index (κ1) is 92.8. The quantitative estimate of drug-likeness (QED) is 0.0182. The van der Waals surface area contributed by atoms with Gasteiger partial charge in [-0.3, -0.25) is 67.1 Å². The minimum absolute atomic E-state index is 0.104. The summed E-state index contributed by atoms with van der Waals surface area (Å²) < 4.78 is 0. The second-order valence-electron chi connectivity index (χ2n) is 27.6. The summed E-state index contributed by atoms with van der Waals surface area (Å²) in [7, 11) is 1.49. The van der Waals surface area contributed by atoms with Gasteiger partial charge >= 0.3 is 5.97 Å². The fraction of sp³-hybridized carbons (Fsp3) is 0.461. The molecule has 1 aromatic heterocycles. The Morgan fingerprint density at radius 1 is 0.470 bits per heavy atom. The lowest BCUT2D eigenvalue weighted by Gasteiger charge is -2.29. The van der Waals surface area contributed by atoms with E-state index in [2.05, 4.69) is 74.1 Å². The Hall–Kier alpha value is -11.1. The van der Waals surface area contributed by atoms with Crippen LogP contribution in [0.5, 0.6) is 0 Å². The van der Waals surface area contributed by atoms with Gasteiger partial charge in [-0.2, -0.15) is 0 Å². The molecule has 0 radical (unpaired) electrons. The predicted octanol–water partition coefficient (Wildman–Crippen LogP) is -4.91. The van der Waals surface area contributed by atoms with Crippen LogP contribution in [0.1, 0.15) is 88.0 Å². The number of amides is 14. The van der Waals surface area contributed by atoms with Crippen molar-refractivity contribution in [2.24, 2.45) is 22.9 Å². The number of nitrogens with one attached hydrogen (secondary N) is 14. The lowest BCUT2D eigenvalue weighted by Crippen LogP contribution is -2.63. The average Bonchev–Trinajstić information content (AvgIpc) is 1.71. The summed E-state index contributed by atoms with van der Waals surface area (Å²) in [5.74, 6) is -17.7. The number of carbonyl (C=O) groups excluding carboxylic acids is 14. The van der Waals surface area contributed by atoms with Gasteiger partial charge in [0.25, 0.3) is 0 Å². The summed E-state index contributed by atoms with van der Waals surface area (Å²) in [6.45, 7) is 1.88. The first-order chi connectivity index (χ1) is 54.9. The smallest absolute Gasteiger partial charge is 0.327 e. The molecule has 0 aliphatic carbocycles. The van der Waals surface area contributed by atoms with Crippen LogP contribution in [-0.2, 0) is 97.6 Å². The molecule has 6 rings (SSSR count). The molecule has 1 aliphatic rings. The van der Waals surface area contributed by atoms with Crippen LogP contribution in [0.2, 0.25) is 0 Å². The summed E-state index contributed by atoms with van der Waals surface area (Å²) in [6.07, 6.45) is -3.48. The molecule has 5 aromatic rings. The van der Waals surface area contributed by atoms with Gasteiger partial charge in [0.2, 0.25) is 82.7 Å². The molecule has 37 nitrogen and oxygen atoms in total. The zero-order valence-corrected chi connectivity index (χ0v) is 65.4. The molecule has 1 fully saturated rings. The third-order valence-electron chi connectivity index (χ3n) is 18.3. The molecule has 2 heterocycles. The molecule has 26 N–H and O–H groups in total. The highest BCUT2D eigenvalue weighted by Gasteiger charge is 2.40. The molecule has 624 valence electrons. The van der Waals surface area contributed by atoms with Crippen LogP contribution in [0.15, 0.2) is 121 Å². The predicted molar refractivity (Wildman–Crippen MR) is 425 cm³/mol. The van der Waals surface area contributed by atoms with E-state index in [1.165, 1.54) is 6.92 Å². The number of fused-ring (bicyclic) bond motifs is 1. The van der Waals surface area contributed by atoms with E-state index < -0.39 is 210 Å². The largest absolute Gasteiger partial charge is 0.480 e. The van der Waals surface area contributed by atoms with Crippen LogP contribution in [-0.4, -0.2) is 243 Å². The lowest BCUT2D eigenvalue weighted by atomic mass is 10.00. The molecule has 4 aromatic carbocycles. The third kappa shape index (κ3) is 30.7. The minimum Gasteiger partial charge on any atom is -0.480 e. The van der Waals surface area contributed by atoms with Crippen molar-refractivity contribution in [1.82, 2.24) is 74.1 Å². The number of carboxylic acid groups (broad SMARTS) is 1. The molecule has 115 heavy (non-hydrogen) atoms. The van der Waals surface area contributed by atoms with Crippen LogP contribution < -0.4 is 92.1 Å². The Kier molecular flexibility index (Phi) is 38.4. The van der Waals surface area contributed by atoms with E-state index >= 15 is 14.4 Å². The Balaban J connectivity index is 1.47. The first-order valence-corrected chi connectivity index (χ1v) is 39.8. The Morgan fingerprint density at radius 2 is 0.852 bits per heavy atom. The molecule has 15 atom stereocenters. The average molecular weight is 1640 g/mol. The summed E-state index contributed by atoms with van der Waals surface area (Å²) >= 11 is 0. The molecule has 39 heteroatoms. The third-order valence-corrected chi connectivity index (χ3v) is 20.7. The highest BCUT2D eigenvalue weighted by Crippen LogP contribution is 2.25. The van der Waals surface area contributed by atoms with E-state index in [9.17, 15) is 78.0 Å². The minimum atomic E-state index is -1.99. The summed E-state index contributed by atoms with van der Waals surface area (Å²) in [4.78, 5) is 217. The van der Waals surface area contributed by atoms with E-state index in [0.717, 1.165) is 35.4 Å². The van der Waals surface area contributed by atoms with E-state index in [-0.39, 0.29) is 70.9 Å². The number of benzene rings is 4. The lowest BCUT2D eigenvalue weighted by molar-refractivity contribution is -0.142. The number of unbranched alkanes of at least 4 members (excludes halogenated alkanes) is 2. The van der Waals surface area contributed by atoms with E-state index in [1.807, 2.05) is 0 Å². The summed E-state index contributed by atoms with van der Waals surface area (Å²) in [6, 6.07) is 9.57. The topological polar surface area (TPSA) is 613 Å². The highest BCUT2D eigenvalue weighted by molar-refractivity contribution is 8.76. The van der Waals surface area contributed by atoms with Crippen molar-refractivity contribution in [2.75, 3.05) is 37.7 Å². The van der Waals surface area contributed by atoms with Gasteiger partial charge in [-0.15, -0.1) is 0 Å². The zero-order chi connectivity index (χ0) is 84.3. The van der Waals surface area contributed by atoms with Crippen LogP contribution in [0.4, 0.5) is 0 Å². The number of aromatic amines is 1. The van der Waals surface area contributed by atoms with Crippen molar-refractivity contribution in [2.45, 2.75) is 182 Å². The van der Waals surface area contributed by atoms with Crippen molar-refractivity contribution >= 4 is 121 Å². The molecule has 14 amide bonds. The monoisotopic (exact) mass is 1640 g/mol. The number of hydrogen-bond donors (Lipinski definition) is 22. The van der Waals surface area contributed by atoms with Crippen molar-refractivity contribution < 1.29 is 92.3 Å². The second kappa shape index (κ2) is 47.6. The maximum atomic E-state index is 15.4. The van der Waals surface area contributed by atoms with Gasteiger partial charge in [0.15, 0.2) is 0 Å². The van der Waals surface area contributed by atoms with Gasteiger partial charge in [-0.05, 0) is 101 Å². The molecular formula is C76H104N18O19S2. The number of para-hydroxylation sites is 1. The molecule has 7 unspecified atom stereocenters. The molecular weight excluding hydrogens is 1530 g/mol. The standard InChI is InChI=1S/C76H104N18O19S2/c1-41(79)64(100)82-37-61(99)83-58-39-114-115-40-59(76(112)113)92-72(108)57(38-95)91-75(111)63(43(3)97)94-71(107)54(33-46-23-11-6-12-24-46)90-74(110)62(42(2)96)93-66(102)51(28-16-18-30-78)84-69(105)55(34-47-36-81-49-26-14-13-25-48(47)49)88-68(104)53(32-45-21-9-5-10-22-45)86-67(103)52(31-44-19-7-4-8-20-44)87-70(106)56(35-60(80)98)89-65(101)50(85-73(58)109)27-15-17-29-77/h4-14,19-26,36,41-43,50-59,62-63,81,95-97H,15-18,27-35,37-40,77-79H2,1-3H3,(H2,80,98)(H,82,100)(H,83,99)(H,84,105)(H,85,109)(H,86,103)(H,87,106)(H,88,104)(H,89,101)(H,90,110)(H,91,111)(H,92,108)(H,93,102)(H,94,107)(H,112,113)/t41-,42+,43+,50?,51?,52-,53?,54?,55-,56-,57?,58-,59?,62-,63?/m0/s1. The number of carbonyl (C=O) groups is 15. The number of H-pyrrole nitrogens is 1. The fourth-order valence-corrected chi connectivity index (χ4v) is 14.3. The second-order valence-corrected chi connectivity index (χ2v) is 30.1. The number of aliphatic carboxylic acids is 1. The SMILES string of the molecule is C[C@H](N)C(=O)NCC(=O)N[C@H]1CSSCC(C(=O)O)NC(=O)C(CO)NC(=O)C([C@@H](C)O)NC(=O)C(Cc2ccccc2)NC(=O)[C@H]([C@@H](C)O)NC(=O)C(CCCCN)NC(=O)[C@H](Cc2c[nH]c3ccccc23)NC(=O)C(Cc2ccccc2)NC(=O)[C@H](Cc2ccccc2)NC(=O)[C@H](CC(N)=O)NC(=O)C(CCCCN)NC1=O. The molecule has 1 saturated heterocycles. The number of primary amides is 1. The van der Waals surface area contributed by atoms with E-state index in [0.29, 0.717) is 39.6 Å². The number of carboxylic acids is 1. The Morgan fingerprint density at radius 3 is 1.30 bits per heavy atom. The van der Waals surface area contributed by atoms with Crippen LogP contribution >= 0.6 is 21.6 Å². The van der Waals surface area contributed by atoms with Gasteiger partial charge in [0.05, 0.1) is 37.8 Å². The number of hydrogen-bond acceptors (Lipinski definition) is 23. The summed E-state index contributed by atoms with van der Waals surface area (Å²) in [5.41, 5.74) is 25.6. The van der Waals surface area contributed by atoms with Gasteiger partial charge in [0, 0.05) is 54.3 Å². The molecule has 1 aliphatic heterocycles. The van der Waals surface area contributed by atoms with Gasteiger partial charge in [-0.1, -0.05) is 131 Å². The fourth-order valence-electron chi connectivity index (χ4n) is 11.9. The first-order valence-electron chi connectivity index (χ1n) is 37.4. The van der Waals surface area contributed by atoms with Crippen molar-refractivity contribution in [3.8, 4) is 0 Å². The van der Waals surface area contributed by atoms with Crippen LogP contribution in [0, 0.1) is 0 Å². The molecule has 0 saturated carbocycles. The van der Waals surface area contributed by atoms with Gasteiger partial charge < -0.3 is 117 Å². The maximum absolute atomic E-state index is 15.4. The molecule has 0 bridgehead atoms. The number of rotatable bonds is 26. The maximum Gasteiger partial charge on any atom is 0.327 e. The number of aromatic nitrogens is 1. The normalized spacial score (nSPS) is 23.7. The number of nitrogens with two attached hydrogens (primary N) is 4. The van der Waals surface area contributed by atoms with Crippen molar-refractivity contribution in [3.63, 3.8) is 0 Å². The van der Waals surface area contributed by atoms with Crippen LogP contribution in [0.25, 0.3) is 10.9 Å². The zero-order valence-electron chi connectivity index (χ0n) is 63.8.